The Morgan fingerprint density at radius 2 is 1.96 bits per heavy atom. The summed E-state index contributed by atoms with van der Waals surface area (Å²) in [5.41, 5.74) is -2.91. The fourth-order valence-electron chi connectivity index (χ4n) is 1.83. The fraction of sp³-hybridized carbons (Fsp3) is 0.333. The molecule has 126 valence electrons. The molecule has 1 aromatic rings. The zero-order valence-electron chi connectivity index (χ0n) is 11.8. The van der Waals surface area contributed by atoms with Crippen LogP contribution in [0, 0.1) is 22.9 Å². The maximum atomic E-state index is 13.9. The molecule has 0 fully saturated rings. The van der Waals surface area contributed by atoms with Crippen molar-refractivity contribution in [2.75, 3.05) is 12.4 Å². The van der Waals surface area contributed by atoms with E-state index in [0.29, 0.717) is 6.07 Å². The second-order valence-electron chi connectivity index (χ2n) is 4.34. The average Bonchev–Trinajstić information content (AvgIpc) is 2.34. The van der Waals surface area contributed by atoms with E-state index >= 15 is 0 Å². The van der Waals surface area contributed by atoms with Gasteiger partial charge < -0.3 is 10.1 Å². The molecule has 0 aliphatic rings. The molecule has 0 saturated heterocycles. The Balaban J connectivity index is 3.36. The van der Waals surface area contributed by atoms with Gasteiger partial charge in [0.1, 0.15) is 23.5 Å². The van der Waals surface area contributed by atoms with Crippen LogP contribution in [0.5, 0.6) is 0 Å². The summed E-state index contributed by atoms with van der Waals surface area (Å²) in [5, 5.41) is 12.7. The summed E-state index contributed by atoms with van der Waals surface area (Å²) in [7, 11) is 0.923. The molecule has 23 heavy (non-hydrogen) atoms. The first-order valence-electron chi connectivity index (χ1n) is 5.90. The number of carbonyl (C=O) groups is 2. The van der Waals surface area contributed by atoms with Crippen molar-refractivity contribution >= 4 is 23.3 Å². The molecular formula is C12H10F4N2O5. The van der Waals surface area contributed by atoms with Gasteiger partial charge in [0.25, 0.3) is 5.69 Å². The number of carbonyl (C=O) groups excluding carboxylic acids is 2. The Kier molecular flexibility index (Phi) is 5.25. The zero-order chi connectivity index (χ0) is 17.9. The van der Waals surface area contributed by atoms with Crippen LogP contribution in [0.1, 0.15) is 22.3 Å². The average molecular weight is 338 g/mol. The summed E-state index contributed by atoms with van der Waals surface area (Å²) < 4.78 is 54.5. The molecule has 0 saturated carbocycles. The number of methoxy groups -OCH3 is 1. The molecule has 0 unspecified atom stereocenters. The van der Waals surface area contributed by atoms with Crippen molar-refractivity contribution in [1.29, 1.82) is 0 Å². The molecule has 0 aromatic heterocycles. The van der Waals surface area contributed by atoms with Crippen molar-refractivity contribution in [2.45, 2.75) is 19.5 Å². The van der Waals surface area contributed by atoms with Crippen molar-refractivity contribution in [2.24, 2.45) is 0 Å². The number of anilines is 1. The van der Waals surface area contributed by atoms with Crippen LogP contribution in [0.15, 0.2) is 6.07 Å². The summed E-state index contributed by atoms with van der Waals surface area (Å²) in [6.07, 6.45) is -6.73. The van der Waals surface area contributed by atoms with Gasteiger partial charge in [0.15, 0.2) is 0 Å². The number of rotatable bonds is 4. The van der Waals surface area contributed by atoms with Gasteiger partial charge in [0.2, 0.25) is 5.91 Å². The van der Waals surface area contributed by atoms with Gasteiger partial charge in [-0.15, -0.1) is 0 Å². The number of hydrogen-bond acceptors (Lipinski definition) is 5. The molecule has 0 radical (unpaired) electrons. The second kappa shape index (κ2) is 6.58. The highest BCUT2D eigenvalue weighted by Crippen LogP contribution is 2.34. The largest absolute Gasteiger partial charge is 0.465 e. The Hall–Kier alpha value is -2.72. The lowest BCUT2D eigenvalue weighted by atomic mass is 10.0. The molecule has 1 aromatic carbocycles. The van der Waals surface area contributed by atoms with E-state index in [9.17, 15) is 37.3 Å². The molecular weight excluding hydrogens is 328 g/mol. The molecule has 1 N–H and O–H groups in total. The molecule has 1 amide bonds. The summed E-state index contributed by atoms with van der Waals surface area (Å²) in [6, 6.07) is 0.395. The van der Waals surface area contributed by atoms with Crippen LogP contribution in [0.25, 0.3) is 0 Å². The van der Waals surface area contributed by atoms with E-state index in [4.69, 9.17) is 0 Å². The maximum absolute atomic E-state index is 13.9. The summed E-state index contributed by atoms with van der Waals surface area (Å²) in [5.74, 6) is -4.08. The first kappa shape index (κ1) is 18.3. The minimum absolute atomic E-state index is 0.395. The number of nitrogens with zero attached hydrogens (tertiary/aromatic N) is 1. The molecule has 11 heteroatoms. The number of amides is 1. The predicted octanol–water partition coefficient (Wildman–Crippen LogP) is 2.72. The number of halogens is 4. The lowest BCUT2D eigenvalue weighted by Crippen LogP contribution is -2.22. The number of ether oxygens (including phenoxy) is 1. The number of esters is 1. The van der Waals surface area contributed by atoms with Crippen molar-refractivity contribution in [1.82, 2.24) is 0 Å². The van der Waals surface area contributed by atoms with E-state index < -0.39 is 57.7 Å². The van der Waals surface area contributed by atoms with Crippen LogP contribution < -0.4 is 5.32 Å². The molecule has 0 spiro atoms. The highest BCUT2D eigenvalue weighted by molar-refractivity contribution is 5.98. The Bertz CT molecular complexity index is 672. The van der Waals surface area contributed by atoms with Crippen LogP contribution in [0.3, 0.4) is 0 Å². The highest BCUT2D eigenvalue weighted by Gasteiger charge is 2.33. The Morgan fingerprint density at radius 1 is 1.39 bits per heavy atom. The lowest BCUT2D eigenvalue weighted by molar-refractivity contribution is -0.384. The van der Waals surface area contributed by atoms with E-state index in [1.165, 1.54) is 0 Å². The smallest absolute Gasteiger partial charge is 0.397 e. The fourth-order valence-corrected chi connectivity index (χ4v) is 1.83. The predicted molar refractivity (Wildman–Crippen MR) is 68.4 cm³/mol. The SMILES string of the molecule is COC(=O)c1c(F)cc(NC(=O)CC(F)(F)F)c([N+](=O)[O-])c1C. The van der Waals surface area contributed by atoms with Gasteiger partial charge in [0.05, 0.1) is 12.0 Å². The molecule has 0 aliphatic carbocycles. The van der Waals surface area contributed by atoms with Gasteiger partial charge >= 0.3 is 12.1 Å². The van der Waals surface area contributed by atoms with Crippen molar-refractivity contribution in [3.05, 3.63) is 33.1 Å². The van der Waals surface area contributed by atoms with Crippen molar-refractivity contribution in [3.8, 4) is 0 Å². The third-order valence-corrected chi connectivity index (χ3v) is 2.70. The van der Waals surface area contributed by atoms with Crippen LogP contribution in [0.2, 0.25) is 0 Å². The van der Waals surface area contributed by atoms with Crippen LogP contribution >= 0.6 is 0 Å². The number of hydrogen-bond donors (Lipinski definition) is 1. The summed E-state index contributed by atoms with van der Waals surface area (Å²) in [6.45, 7) is 1.01. The molecule has 0 heterocycles. The summed E-state index contributed by atoms with van der Waals surface area (Å²) >= 11 is 0. The molecule has 1 rings (SSSR count). The van der Waals surface area contributed by atoms with Gasteiger partial charge in [-0.1, -0.05) is 0 Å². The lowest BCUT2D eigenvalue weighted by Gasteiger charge is -2.12. The number of nitro benzene ring substituents is 1. The van der Waals surface area contributed by atoms with E-state index in [1.807, 2.05) is 0 Å². The molecule has 0 aliphatic heterocycles. The normalized spacial score (nSPS) is 11.0. The van der Waals surface area contributed by atoms with Gasteiger partial charge in [-0.05, 0) is 6.92 Å². The van der Waals surface area contributed by atoms with Crippen LogP contribution in [-0.2, 0) is 9.53 Å². The molecule has 0 atom stereocenters. The minimum atomic E-state index is -4.83. The van der Waals surface area contributed by atoms with Crippen molar-refractivity contribution in [3.63, 3.8) is 0 Å². The van der Waals surface area contributed by atoms with Gasteiger partial charge in [-0.25, -0.2) is 9.18 Å². The maximum Gasteiger partial charge on any atom is 0.397 e. The third kappa shape index (κ3) is 4.37. The summed E-state index contributed by atoms with van der Waals surface area (Å²) in [4.78, 5) is 32.7. The van der Waals surface area contributed by atoms with Gasteiger partial charge in [-0.2, -0.15) is 13.2 Å². The first-order valence-corrected chi connectivity index (χ1v) is 5.90. The number of nitrogens with one attached hydrogen (secondary N) is 1. The monoisotopic (exact) mass is 338 g/mol. The number of benzene rings is 1. The first-order chi connectivity index (χ1) is 10.5. The highest BCUT2D eigenvalue weighted by atomic mass is 19.4. The quantitative estimate of drug-likeness (QED) is 0.394. The van der Waals surface area contributed by atoms with Gasteiger partial charge in [0, 0.05) is 11.6 Å². The van der Waals surface area contributed by atoms with Crippen LogP contribution in [0.4, 0.5) is 28.9 Å². The topological polar surface area (TPSA) is 98.5 Å². The van der Waals surface area contributed by atoms with E-state index in [-0.39, 0.29) is 0 Å². The third-order valence-electron chi connectivity index (χ3n) is 2.70. The van der Waals surface area contributed by atoms with Gasteiger partial charge in [-0.3, -0.25) is 14.9 Å². The van der Waals surface area contributed by atoms with Crippen LogP contribution in [-0.4, -0.2) is 30.1 Å². The Morgan fingerprint density at radius 3 is 2.39 bits per heavy atom. The number of alkyl halides is 3. The van der Waals surface area contributed by atoms with E-state index in [1.54, 1.807) is 5.32 Å². The Labute approximate surface area is 126 Å². The molecule has 0 bridgehead atoms. The number of nitro groups is 1. The van der Waals surface area contributed by atoms with E-state index in [2.05, 4.69) is 4.74 Å². The van der Waals surface area contributed by atoms with E-state index in [0.717, 1.165) is 14.0 Å². The zero-order valence-corrected chi connectivity index (χ0v) is 11.8. The standard InChI is InChI=1S/C12H10F4N2O5/c1-5-9(11(20)23-2)6(13)3-7(10(5)18(21)22)17-8(19)4-12(14,15)16/h3H,4H2,1-2H3,(H,17,19). The van der Waals surface area contributed by atoms with Crippen molar-refractivity contribution < 1.29 is 36.8 Å². The molecule has 7 nitrogen and oxygen atoms in total. The minimum Gasteiger partial charge on any atom is -0.465 e. The second-order valence-corrected chi connectivity index (χ2v) is 4.34.